The number of benzene rings is 1. The zero-order valence-corrected chi connectivity index (χ0v) is 9.41. The highest BCUT2D eigenvalue weighted by Crippen LogP contribution is 2.18. The average molecular weight is 225 g/mol. The standard InChI is InChI=1S/C12H16FNO2/c1-15-12-3-2-10(8-11(12)13)9-14-4-6-16-7-5-14/h2-3,8H,4-7,9H2,1H3. The molecule has 4 heteroatoms. The highest BCUT2D eigenvalue weighted by Gasteiger charge is 2.11. The van der Waals surface area contributed by atoms with Crippen molar-refractivity contribution in [2.45, 2.75) is 6.54 Å². The molecule has 1 aliphatic heterocycles. The van der Waals surface area contributed by atoms with Crippen LogP contribution in [0.5, 0.6) is 5.75 Å². The van der Waals surface area contributed by atoms with Gasteiger partial charge in [-0.1, -0.05) is 6.07 Å². The van der Waals surface area contributed by atoms with Crippen LogP contribution in [-0.2, 0) is 11.3 Å². The molecule has 0 amide bonds. The van der Waals surface area contributed by atoms with Crippen molar-refractivity contribution in [2.24, 2.45) is 0 Å². The van der Waals surface area contributed by atoms with Crippen LogP contribution in [0.2, 0.25) is 0 Å². The van der Waals surface area contributed by atoms with E-state index in [0.717, 1.165) is 38.4 Å². The summed E-state index contributed by atoms with van der Waals surface area (Å²) >= 11 is 0. The Hall–Kier alpha value is -1.13. The number of nitrogens with zero attached hydrogens (tertiary/aromatic N) is 1. The minimum Gasteiger partial charge on any atom is -0.494 e. The van der Waals surface area contributed by atoms with Gasteiger partial charge in [-0.2, -0.15) is 0 Å². The molecule has 0 spiro atoms. The smallest absolute Gasteiger partial charge is 0.165 e. The third-order valence-electron chi connectivity index (χ3n) is 2.73. The summed E-state index contributed by atoms with van der Waals surface area (Å²) in [6.07, 6.45) is 0. The molecule has 1 aromatic rings. The molecule has 16 heavy (non-hydrogen) atoms. The largest absolute Gasteiger partial charge is 0.494 e. The molecule has 3 nitrogen and oxygen atoms in total. The second-order valence-electron chi connectivity index (χ2n) is 3.86. The second kappa shape index (κ2) is 5.27. The van der Waals surface area contributed by atoms with Crippen LogP contribution in [-0.4, -0.2) is 38.3 Å². The molecule has 1 fully saturated rings. The summed E-state index contributed by atoms with van der Waals surface area (Å²) in [6.45, 7) is 4.11. The van der Waals surface area contributed by atoms with Crippen LogP contribution < -0.4 is 4.74 Å². The zero-order valence-electron chi connectivity index (χ0n) is 9.41. The van der Waals surface area contributed by atoms with E-state index in [1.165, 1.54) is 13.2 Å². The first-order chi connectivity index (χ1) is 7.79. The van der Waals surface area contributed by atoms with Gasteiger partial charge in [0.2, 0.25) is 0 Å². The van der Waals surface area contributed by atoms with Gasteiger partial charge in [0, 0.05) is 19.6 Å². The van der Waals surface area contributed by atoms with Crippen molar-refractivity contribution < 1.29 is 13.9 Å². The maximum Gasteiger partial charge on any atom is 0.165 e. The molecule has 1 heterocycles. The normalized spacial score (nSPS) is 17.4. The molecule has 0 saturated carbocycles. The van der Waals surface area contributed by atoms with E-state index in [2.05, 4.69) is 4.90 Å². The summed E-state index contributed by atoms with van der Waals surface area (Å²) in [5.74, 6) is -0.000938. The summed E-state index contributed by atoms with van der Waals surface area (Å²) in [4.78, 5) is 2.25. The number of ether oxygens (including phenoxy) is 2. The third-order valence-corrected chi connectivity index (χ3v) is 2.73. The lowest BCUT2D eigenvalue weighted by atomic mass is 10.2. The van der Waals surface area contributed by atoms with E-state index in [-0.39, 0.29) is 5.82 Å². The van der Waals surface area contributed by atoms with Crippen LogP contribution in [0.25, 0.3) is 0 Å². The van der Waals surface area contributed by atoms with Crippen molar-refractivity contribution in [2.75, 3.05) is 33.4 Å². The maximum atomic E-state index is 13.4. The molecule has 2 rings (SSSR count). The highest BCUT2D eigenvalue weighted by molar-refractivity contribution is 5.29. The number of rotatable bonds is 3. The van der Waals surface area contributed by atoms with E-state index in [0.29, 0.717) is 5.75 Å². The summed E-state index contributed by atoms with van der Waals surface area (Å²) in [6, 6.07) is 5.11. The summed E-state index contributed by atoms with van der Waals surface area (Å²) < 4.78 is 23.6. The van der Waals surface area contributed by atoms with Gasteiger partial charge in [-0.15, -0.1) is 0 Å². The monoisotopic (exact) mass is 225 g/mol. The second-order valence-corrected chi connectivity index (χ2v) is 3.86. The van der Waals surface area contributed by atoms with Gasteiger partial charge in [0.05, 0.1) is 20.3 Å². The van der Waals surface area contributed by atoms with Crippen molar-refractivity contribution >= 4 is 0 Å². The third kappa shape index (κ3) is 2.71. The maximum absolute atomic E-state index is 13.4. The van der Waals surface area contributed by atoms with Gasteiger partial charge in [-0.25, -0.2) is 4.39 Å². The fourth-order valence-corrected chi connectivity index (χ4v) is 1.83. The fourth-order valence-electron chi connectivity index (χ4n) is 1.83. The van der Waals surface area contributed by atoms with Crippen LogP contribution in [0.3, 0.4) is 0 Å². The molecule has 0 N–H and O–H groups in total. The van der Waals surface area contributed by atoms with E-state index >= 15 is 0 Å². The molecule has 0 atom stereocenters. The van der Waals surface area contributed by atoms with Crippen molar-refractivity contribution in [3.63, 3.8) is 0 Å². The Balaban J connectivity index is 2.01. The first kappa shape index (κ1) is 11.4. The quantitative estimate of drug-likeness (QED) is 0.781. The van der Waals surface area contributed by atoms with E-state index in [9.17, 15) is 4.39 Å². The lowest BCUT2D eigenvalue weighted by molar-refractivity contribution is 0.0341. The molecule has 0 aliphatic carbocycles. The first-order valence-corrected chi connectivity index (χ1v) is 5.42. The van der Waals surface area contributed by atoms with Crippen LogP contribution in [0.15, 0.2) is 18.2 Å². The van der Waals surface area contributed by atoms with Crippen LogP contribution in [0, 0.1) is 5.82 Å². The Bertz CT molecular complexity index is 351. The van der Waals surface area contributed by atoms with E-state index in [1.54, 1.807) is 6.07 Å². The molecule has 0 bridgehead atoms. The van der Waals surface area contributed by atoms with Crippen molar-refractivity contribution in [1.82, 2.24) is 4.90 Å². The van der Waals surface area contributed by atoms with E-state index in [1.807, 2.05) is 6.07 Å². The van der Waals surface area contributed by atoms with Gasteiger partial charge in [-0.3, -0.25) is 4.90 Å². The topological polar surface area (TPSA) is 21.7 Å². The average Bonchev–Trinajstić information content (AvgIpc) is 2.31. The number of morpholine rings is 1. The van der Waals surface area contributed by atoms with Gasteiger partial charge >= 0.3 is 0 Å². The molecule has 1 aromatic carbocycles. The predicted octanol–water partition coefficient (Wildman–Crippen LogP) is 1.67. The molecule has 1 saturated heterocycles. The lowest BCUT2D eigenvalue weighted by Gasteiger charge is -2.26. The van der Waals surface area contributed by atoms with Crippen molar-refractivity contribution in [1.29, 1.82) is 0 Å². The molecule has 0 aromatic heterocycles. The highest BCUT2D eigenvalue weighted by atomic mass is 19.1. The predicted molar refractivity (Wildman–Crippen MR) is 59.0 cm³/mol. The zero-order chi connectivity index (χ0) is 11.4. The Labute approximate surface area is 94.8 Å². The Morgan fingerprint density at radius 2 is 2.12 bits per heavy atom. The number of hydrogen-bond donors (Lipinski definition) is 0. The van der Waals surface area contributed by atoms with E-state index < -0.39 is 0 Å². The van der Waals surface area contributed by atoms with Crippen molar-refractivity contribution in [3.05, 3.63) is 29.6 Å². The number of methoxy groups -OCH3 is 1. The van der Waals surface area contributed by atoms with Crippen LogP contribution in [0.1, 0.15) is 5.56 Å². The molecule has 0 unspecified atom stereocenters. The minimum absolute atomic E-state index is 0.297. The van der Waals surface area contributed by atoms with Gasteiger partial charge in [0.1, 0.15) is 0 Å². The van der Waals surface area contributed by atoms with Gasteiger partial charge < -0.3 is 9.47 Å². The number of halogens is 1. The summed E-state index contributed by atoms with van der Waals surface area (Å²) in [7, 11) is 1.47. The minimum atomic E-state index is -0.298. The summed E-state index contributed by atoms with van der Waals surface area (Å²) in [5.41, 5.74) is 0.972. The van der Waals surface area contributed by atoms with Crippen LogP contribution in [0.4, 0.5) is 4.39 Å². The Kier molecular flexibility index (Phi) is 3.74. The number of hydrogen-bond acceptors (Lipinski definition) is 3. The van der Waals surface area contributed by atoms with Gasteiger partial charge in [0.25, 0.3) is 0 Å². The Morgan fingerprint density at radius 3 is 2.75 bits per heavy atom. The summed E-state index contributed by atoms with van der Waals surface area (Å²) in [5, 5.41) is 0. The molecular weight excluding hydrogens is 209 g/mol. The fraction of sp³-hybridized carbons (Fsp3) is 0.500. The Morgan fingerprint density at radius 1 is 1.38 bits per heavy atom. The first-order valence-electron chi connectivity index (χ1n) is 5.42. The van der Waals surface area contributed by atoms with Crippen LogP contribution >= 0.6 is 0 Å². The molecule has 0 radical (unpaired) electrons. The van der Waals surface area contributed by atoms with Gasteiger partial charge in [0.15, 0.2) is 11.6 Å². The van der Waals surface area contributed by atoms with E-state index in [4.69, 9.17) is 9.47 Å². The SMILES string of the molecule is COc1ccc(CN2CCOCC2)cc1F. The van der Waals surface area contributed by atoms with Crippen molar-refractivity contribution in [3.8, 4) is 5.75 Å². The molecular formula is C12H16FNO2. The molecule has 1 aliphatic rings. The molecule has 88 valence electrons. The van der Waals surface area contributed by atoms with Gasteiger partial charge in [-0.05, 0) is 17.7 Å². The lowest BCUT2D eigenvalue weighted by Crippen LogP contribution is -2.35.